The van der Waals surface area contributed by atoms with E-state index in [9.17, 15) is 0 Å². The maximum atomic E-state index is 5.36. The fourth-order valence-electron chi connectivity index (χ4n) is 2.83. The molecule has 0 radical (unpaired) electrons. The van der Waals surface area contributed by atoms with Crippen molar-refractivity contribution in [2.45, 2.75) is 44.9 Å². The molecule has 3 aliphatic heterocycles. The van der Waals surface area contributed by atoms with E-state index >= 15 is 0 Å². The lowest BCUT2D eigenvalue weighted by Crippen LogP contribution is -2.59. The molecule has 3 unspecified atom stereocenters. The Morgan fingerprint density at radius 2 is 1.93 bits per heavy atom. The van der Waals surface area contributed by atoms with E-state index in [-0.39, 0.29) is 0 Å². The second-order valence-corrected chi connectivity index (χ2v) is 5.14. The van der Waals surface area contributed by atoms with Gasteiger partial charge in [-0.2, -0.15) is 0 Å². The van der Waals surface area contributed by atoms with E-state index in [2.05, 4.69) is 24.1 Å². The van der Waals surface area contributed by atoms with Gasteiger partial charge < -0.3 is 15.0 Å². The van der Waals surface area contributed by atoms with Crippen molar-refractivity contribution in [1.29, 1.82) is 0 Å². The highest BCUT2D eigenvalue weighted by Crippen LogP contribution is 2.27. The zero-order chi connectivity index (χ0) is 10.8. The average molecular weight is 212 g/mol. The van der Waals surface area contributed by atoms with Crippen molar-refractivity contribution in [1.82, 2.24) is 10.2 Å². The minimum absolute atomic E-state index is 0.306. The van der Waals surface area contributed by atoms with Crippen LogP contribution in [-0.4, -0.2) is 49.8 Å². The molecule has 0 amide bonds. The number of piperidine rings is 3. The van der Waals surface area contributed by atoms with Gasteiger partial charge in [-0.05, 0) is 45.7 Å². The third kappa shape index (κ3) is 2.52. The molecule has 88 valence electrons. The van der Waals surface area contributed by atoms with Crippen LogP contribution in [0.15, 0.2) is 0 Å². The van der Waals surface area contributed by atoms with Gasteiger partial charge in [0.15, 0.2) is 0 Å². The summed E-state index contributed by atoms with van der Waals surface area (Å²) in [5.74, 6) is 0.904. The lowest BCUT2D eigenvalue weighted by molar-refractivity contribution is 0.0402. The van der Waals surface area contributed by atoms with Gasteiger partial charge in [0.25, 0.3) is 0 Å². The summed E-state index contributed by atoms with van der Waals surface area (Å²) in [6.45, 7) is 8.24. The summed E-state index contributed by atoms with van der Waals surface area (Å²) in [5.41, 5.74) is 0. The van der Waals surface area contributed by atoms with E-state index < -0.39 is 0 Å². The van der Waals surface area contributed by atoms with Gasteiger partial charge in [-0.1, -0.05) is 0 Å². The van der Waals surface area contributed by atoms with Crippen molar-refractivity contribution in [2.75, 3.05) is 26.7 Å². The van der Waals surface area contributed by atoms with Gasteiger partial charge in [0.05, 0.1) is 6.10 Å². The van der Waals surface area contributed by atoms with Crippen LogP contribution in [0.3, 0.4) is 0 Å². The van der Waals surface area contributed by atoms with Crippen LogP contribution in [-0.2, 0) is 4.74 Å². The fourth-order valence-corrected chi connectivity index (χ4v) is 2.83. The molecule has 3 heterocycles. The number of rotatable bonds is 4. The minimum Gasteiger partial charge on any atom is -0.380 e. The SMILES string of the molecule is COC(C)C(C)NC1CN2CCC1CC2. The Hall–Kier alpha value is -0.120. The van der Waals surface area contributed by atoms with Crippen molar-refractivity contribution in [3.63, 3.8) is 0 Å². The molecule has 0 saturated carbocycles. The summed E-state index contributed by atoms with van der Waals surface area (Å²) < 4.78 is 5.36. The second kappa shape index (κ2) is 4.81. The number of ether oxygens (including phenoxy) is 1. The summed E-state index contributed by atoms with van der Waals surface area (Å²) in [7, 11) is 1.79. The number of nitrogens with one attached hydrogen (secondary N) is 1. The van der Waals surface area contributed by atoms with Crippen molar-refractivity contribution < 1.29 is 4.74 Å². The minimum atomic E-state index is 0.306. The predicted octanol–water partition coefficient (Wildman–Crippen LogP) is 1.09. The van der Waals surface area contributed by atoms with E-state index in [4.69, 9.17) is 4.74 Å². The van der Waals surface area contributed by atoms with E-state index in [0.29, 0.717) is 18.2 Å². The molecule has 3 heteroatoms. The Balaban J connectivity index is 1.84. The third-order valence-electron chi connectivity index (χ3n) is 4.21. The number of fused-ring (bicyclic) bond motifs is 3. The highest BCUT2D eigenvalue weighted by Gasteiger charge is 2.34. The number of methoxy groups -OCH3 is 1. The fraction of sp³-hybridized carbons (Fsp3) is 1.00. The molecule has 0 spiro atoms. The van der Waals surface area contributed by atoms with Gasteiger partial charge in [0, 0.05) is 25.7 Å². The van der Waals surface area contributed by atoms with E-state index in [1.807, 2.05) is 0 Å². The highest BCUT2D eigenvalue weighted by atomic mass is 16.5. The number of hydrogen-bond donors (Lipinski definition) is 1. The summed E-state index contributed by atoms with van der Waals surface area (Å²) in [5, 5.41) is 3.73. The van der Waals surface area contributed by atoms with Gasteiger partial charge in [0.1, 0.15) is 0 Å². The van der Waals surface area contributed by atoms with Gasteiger partial charge in [-0.3, -0.25) is 0 Å². The highest BCUT2D eigenvalue weighted by molar-refractivity contribution is 4.92. The second-order valence-electron chi connectivity index (χ2n) is 5.14. The molecule has 2 bridgehead atoms. The van der Waals surface area contributed by atoms with Crippen LogP contribution in [0.2, 0.25) is 0 Å². The van der Waals surface area contributed by atoms with E-state index in [1.165, 1.54) is 32.5 Å². The first-order valence-electron chi connectivity index (χ1n) is 6.22. The molecule has 0 aromatic heterocycles. The lowest BCUT2D eigenvalue weighted by Gasteiger charge is -2.46. The van der Waals surface area contributed by atoms with Gasteiger partial charge >= 0.3 is 0 Å². The summed E-state index contributed by atoms with van der Waals surface area (Å²) in [4.78, 5) is 2.59. The van der Waals surface area contributed by atoms with E-state index in [1.54, 1.807) is 7.11 Å². The van der Waals surface area contributed by atoms with Crippen molar-refractivity contribution in [3.8, 4) is 0 Å². The lowest BCUT2D eigenvalue weighted by atomic mass is 9.83. The molecule has 1 N–H and O–H groups in total. The first-order chi connectivity index (χ1) is 7.20. The number of nitrogens with zero attached hydrogens (tertiary/aromatic N) is 1. The zero-order valence-corrected chi connectivity index (χ0v) is 10.2. The summed E-state index contributed by atoms with van der Waals surface area (Å²) in [6.07, 6.45) is 3.07. The molecule has 3 nitrogen and oxygen atoms in total. The van der Waals surface area contributed by atoms with Crippen LogP contribution >= 0.6 is 0 Å². The van der Waals surface area contributed by atoms with Crippen molar-refractivity contribution in [3.05, 3.63) is 0 Å². The monoisotopic (exact) mass is 212 g/mol. The Kier molecular flexibility index (Phi) is 3.65. The molecular weight excluding hydrogens is 188 g/mol. The molecule has 3 fully saturated rings. The van der Waals surface area contributed by atoms with Crippen LogP contribution in [0.25, 0.3) is 0 Å². The summed E-state index contributed by atoms with van der Waals surface area (Å²) >= 11 is 0. The molecule has 0 aromatic rings. The van der Waals surface area contributed by atoms with Gasteiger partial charge in [-0.15, -0.1) is 0 Å². The Bertz CT molecular complexity index is 202. The van der Waals surface area contributed by atoms with Crippen LogP contribution in [0, 0.1) is 5.92 Å². The molecular formula is C12H24N2O. The Morgan fingerprint density at radius 1 is 1.27 bits per heavy atom. The van der Waals surface area contributed by atoms with Crippen LogP contribution in [0.4, 0.5) is 0 Å². The first kappa shape index (κ1) is 11.4. The molecule has 3 rings (SSSR count). The molecule has 3 aliphatic rings. The first-order valence-corrected chi connectivity index (χ1v) is 6.22. The Morgan fingerprint density at radius 3 is 2.40 bits per heavy atom. The molecule has 0 aliphatic carbocycles. The standard InChI is InChI=1S/C12H24N2O/c1-9(10(2)15-3)13-12-8-14-6-4-11(12)5-7-14/h9-13H,4-8H2,1-3H3. The van der Waals surface area contributed by atoms with E-state index in [0.717, 1.165) is 5.92 Å². The van der Waals surface area contributed by atoms with Gasteiger partial charge in [-0.25, -0.2) is 0 Å². The van der Waals surface area contributed by atoms with Crippen LogP contribution < -0.4 is 5.32 Å². The predicted molar refractivity (Wildman–Crippen MR) is 62.0 cm³/mol. The van der Waals surface area contributed by atoms with Crippen molar-refractivity contribution >= 4 is 0 Å². The third-order valence-corrected chi connectivity index (χ3v) is 4.21. The molecule has 3 atom stereocenters. The molecule has 0 aromatic carbocycles. The smallest absolute Gasteiger partial charge is 0.0693 e. The molecule has 15 heavy (non-hydrogen) atoms. The van der Waals surface area contributed by atoms with Crippen molar-refractivity contribution in [2.24, 2.45) is 5.92 Å². The normalized spacial score (nSPS) is 39.0. The maximum Gasteiger partial charge on any atom is 0.0693 e. The quantitative estimate of drug-likeness (QED) is 0.755. The maximum absolute atomic E-state index is 5.36. The number of hydrogen-bond acceptors (Lipinski definition) is 3. The van der Waals surface area contributed by atoms with Gasteiger partial charge in [0.2, 0.25) is 0 Å². The Labute approximate surface area is 93.2 Å². The topological polar surface area (TPSA) is 24.5 Å². The largest absolute Gasteiger partial charge is 0.380 e. The molecule has 3 saturated heterocycles. The van der Waals surface area contributed by atoms with Crippen LogP contribution in [0.1, 0.15) is 26.7 Å². The summed E-state index contributed by atoms with van der Waals surface area (Å²) in [6, 6.07) is 1.15. The average Bonchev–Trinajstić information content (AvgIpc) is 2.29. The van der Waals surface area contributed by atoms with Crippen LogP contribution in [0.5, 0.6) is 0 Å². The zero-order valence-electron chi connectivity index (χ0n) is 10.2.